The van der Waals surface area contributed by atoms with Gasteiger partial charge in [0, 0.05) is 55.2 Å². The van der Waals surface area contributed by atoms with Gasteiger partial charge in [0.1, 0.15) is 0 Å². The minimum absolute atomic E-state index is 0.0605. The molecule has 2 aliphatic carbocycles. The molecule has 0 radical (unpaired) electrons. The van der Waals surface area contributed by atoms with Crippen molar-refractivity contribution < 1.29 is 4.79 Å². The SMILES string of the molecule is CN[C@H](C)CN1CCC2C=C3C(CC2C1=O)N=C(c1cc2ccccc2n1CC1CC1)N3C. The molecule has 1 aromatic carbocycles. The molecule has 1 N–H and O–H groups in total. The first-order valence-electron chi connectivity index (χ1n) is 12.6. The Bertz CT molecular complexity index is 1140. The Morgan fingerprint density at radius 1 is 1.21 bits per heavy atom. The number of nitrogens with zero attached hydrogens (tertiary/aromatic N) is 4. The summed E-state index contributed by atoms with van der Waals surface area (Å²) in [7, 11) is 4.13. The van der Waals surface area contributed by atoms with Gasteiger partial charge in [-0.2, -0.15) is 0 Å². The van der Waals surface area contributed by atoms with E-state index in [9.17, 15) is 4.79 Å². The maximum atomic E-state index is 13.3. The molecule has 2 aliphatic heterocycles. The van der Waals surface area contributed by atoms with Crippen molar-refractivity contribution in [1.82, 2.24) is 19.7 Å². The van der Waals surface area contributed by atoms with Crippen LogP contribution in [-0.4, -0.2) is 65.4 Å². The Morgan fingerprint density at radius 3 is 2.82 bits per heavy atom. The zero-order valence-corrected chi connectivity index (χ0v) is 20.0. The topological polar surface area (TPSA) is 52.9 Å². The lowest BCUT2D eigenvalue weighted by atomic mass is 9.75. The fraction of sp³-hybridized carbons (Fsp3) is 0.556. The molecule has 0 bridgehead atoms. The van der Waals surface area contributed by atoms with Crippen LogP contribution in [-0.2, 0) is 11.3 Å². The van der Waals surface area contributed by atoms with Crippen LogP contribution in [0.1, 0.15) is 38.3 Å². The van der Waals surface area contributed by atoms with Crippen molar-refractivity contribution in [1.29, 1.82) is 0 Å². The van der Waals surface area contributed by atoms with Crippen LogP contribution < -0.4 is 5.32 Å². The molecule has 174 valence electrons. The summed E-state index contributed by atoms with van der Waals surface area (Å²) in [5.41, 5.74) is 3.82. The van der Waals surface area contributed by atoms with Crippen LogP contribution in [0.2, 0.25) is 0 Å². The smallest absolute Gasteiger partial charge is 0.226 e. The maximum Gasteiger partial charge on any atom is 0.226 e. The highest BCUT2D eigenvalue weighted by Crippen LogP contribution is 2.42. The fourth-order valence-corrected chi connectivity index (χ4v) is 6.00. The summed E-state index contributed by atoms with van der Waals surface area (Å²) in [6.45, 7) is 4.85. The van der Waals surface area contributed by atoms with Gasteiger partial charge in [-0.3, -0.25) is 9.79 Å². The molecule has 1 saturated carbocycles. The van der Waals surface area contributed by atoms with E-state index in [1.807, 2.05) is 7.05 Å². The number of aromatic nitrogens is 1. The Labute approximate surface area is 196 Å². The quantitative estimate of drug-likeness (QED) is 0.741. The number of rotatable bonds is 6. The largest absolute Gasteiger partial charge is 0.341 e. The normalized spacial score (nSPS) is 28.0. The van der Waals surface area contributed by atoms with Gasteiger partial charge in [0.15, 0.2) is 5.84 Å². The van der Waals surface area contributed by atoms with Gasteiger partial charge in [-0.05, 0) is 63.6 Å². The Morgan fingerprint density at radius 2 is 2.03 bits per heavy atom. The summed E-state index contributed by atoms with van der Waals surface area (Å²) in [5, 5.41) is 4.55. The van der Waals surface area contributed by atoms with Gasteiger partial charge < -0.3 is 19.7 Å². The molecule has 2 fully saturated rings. The van der Waals surface area contributed by atoms with E-state index in [0.717, 1.165) is 44.2 Å². The second kappa shape index (κ2) is 8.01. The van der Waals surface area contributed by atoms with Gasteiger partial charge in [-0.15, -0.1) is 0 Å². The van der Waals surface area contributed by atoms with Crippen molar-refractivity contribution in [2.24, 2.45) is 22.7 Å². The number of likely N-dealkylation sites (tertiary alicyclic amines) is 1. The third-order valence-corrected chi connectivity index (χ3v) is 8.23. The lowest BCUT2D eigenvalue weighted by Crippen LogP contribution is -2.51. The number of piperidine rings is 1. The number of nitrogens with one attached hydrogen (secondary N) is 1. The molecule has 6 nitrogen and oxygen atoms in total. The number of aliphatic imine (C=N–C) groups is 1. The third kappa shape index (κ3) is 3.59. The molecule has 4 atom stereocenters. The maximum absolute atomic E-state index is 13.3. The van der Waals surface area contributed by atoms with E-state index in [0.29, 0.717) is 17.9 Å². The van der Waals surface area contributed by atoms with Crippen LogP contribution in [0.15, 0.2) is 47.1 Å². The van der Waals surface area contributed by atoms with Crippen molar-refractivity contribution in [3.63, 3.8) is 0 Å². The second-order valence-corrected chi connectivity index (χ2v) is 10.5. The number of carbonyl (C=O) groups is 1. The van der Waals surface area contributed by atoms with Gasteiger partial charge in [0.25, 0.3) is 0 Å². The van der Waals surface area contributed by atoms with E-state index < -0.39 is 0 Å². The summed E-state index contributed by atoms with van der Waals surface area (Å²) in [6.07, 6.45) is 6.91. The number of allylic oxidation sites excluding steroid dienone is 1. The molecule has 33 heavy (non-hydrogen) atoms. The summed E-state index contributed by atoms with van der Waals surface area (Å²) in [6, 6.07) is 11.4. The number of benzene rings is 1. The minimum atomic E-state index is 0.0605. The van der Waals surface area contributed by atoms with Crippen molar-refractivity contribution in [3.05, 3.63) is 47.8 Å². The number of amides is 1. The third-order valence-electron chi connectivity index (χ3n) is 8.23. The van der Waals surface area contributed by atoms with Crippen LogP contribution in [0.25, 0.3) is 10.9 Å². The van der Waals surface area contributed by atoms with E-state index in [1.54, 1.807) is 0 Å². The summed E-state index contributed by atoms with van der Waals surface area (Å²) in [4.78, 5) is 22.9. The van der Waals surface area contributed by atoms with E-state index in [-0.39, 0.29) is 12.0 Å². The van der Waals surface area contributed by atoms with E-state index in [1.165, 1.54) is 35.1 Å². The van der Waals surface area contributed by atoms with E-state index >= 15 is 0 Å². The van der Waals surface area contributed by atoms with Gasteiger partial charge in [-0.25, -0.2) is 0 Å². The average Bonchev–Trinajstić information content (AvgIpc) is 3.50. The van der Waals surface area contributed by atoms with Crippen LogP contribution in [0.4, 0.5) is 0 Å². The van der Waals surface area contributed by atoms with Crippen molar-refractivity contribution in [2.75, 3.05) is 27.2 Å². The molecule has 3 unspecified atom stereocenters. The number of carbonyl (C=O) groups excluding carboxylic acids is 1. The van der Waals surface area contributed by atoms with Crippen molar-refractivity contribution in [2.45, 2.75) is 51.2 Å². The molecule has 1 saturated heterocycles. The van der Waals surface area contributed by atoms with E-state index in [4.69, 9.17) is 4.99 Å². The van der Waals surface area contributed by atoms with Gasteiger partial charge in [0.05, 0.1) is 11.7 Å². The molecule has 4 aliphatic rings. The number of para-hydroxylation sites is 1. The van der Waals surface area contributed by atoms with Crippen molar-refractivity contribution >= 4 is 22.6 Å². The first kappa shape index (κ1) is 21.0. The first-order valence-corrected chi connectivity index (χ1v) is 12.6. The molecule has 1 aromatic heterocycles. The van der Waals surface area contributed by atoms with Gasteiger partial charge in [0.2, 0.25) is 5.91 Å². The lowest BCUT2D eigenvalue weighted by Gasteiger charge is -2.41. The van der Waals surface area contributed by atoms with Crippen LogP contribution in [0, 0.1) is 17.8 Å². The van der Waals surface area contributed by atoms with Gasteiger partial charge in [-0.1, -0.05) is 24.3 Å². The second-order valence-electron chi connectivity index (χ2n) is 10.5. The highest BCUT2D eigenvalue weighted by atomic mass is 16.2. The molecule has 1 amide bonds. The van der Waals surface area contributed by atoms with Crippen LogP contribution >= 0.6 is 0 Å². The predicted octanol–water partition coefficient (Wildman–Crippen LogP) is 3.47. The van der Waals surface area contributed by atoms with Crippen LogP contribution in [0.5, 0.6) is 0 Å². The Balaban J connectivity index is 1.31. The Kier molecular flexibility index (Phi) is 5.09. The summed E-state index contributed by atoms with van der Waals surface area (Å²) < 4.78 is 2.49. The minimum Gasteiger partial charge on any atom is -0.341 e. The standard InChI is InChI=1S/C27H35N5O/c1-17(28-2)15-31-11-10-19-12-24-22(14-21(19)27(31)33)29-26(30(24)3)25-13-20-6-4-5-7-23(20)32(25)16-18-8-9-18/h4-7,12-13,17-19,21-22,28H,8-11,14-16H2,1-3H3/t17-,19?,21?,22?/m1/s1. The molecule has 2 aromatic rings. The zero-order valence-electron chi connectivity index (χ0n) is 20.0. The molecule has 0 spiro atoms. The Hall–Kier alpha value is -2.60. The summed E-state index contributed by atoms with van der Waals surface area (Å²) >= 11 is 0. The zero-order chi connectivity index (χ0) is 22.7. The number of likely N-dealkylation sites (N-methyl/N-ethyl adjacent to an activating group) is 2. The van der Waals surface area contributed by atoms with Gasteiger partial charge >= 0.3 is 0 Å². The highest BCUT2D eigenvalue weighted by molar-refractivity contribution is 6.04. The highest BCUT2D eigenvalue weighted by Gasteiger charge is 2.44. The number of amidine groups is 1. The molecule has 3 heterocycles. The average molecular weight is 446 g/mol. The molecular weight excluding hydrogens is 410 g/mol. The summed E-state index contributed by atoms with van der Waals surface area (Å²) in [5.74, 6) is 2.57. The number of hydrogen-bond donors (Lipinski definition) is 1. The predicted molar refractivity (Wildman–Crippen MR) is 132 cm³/mol. The fourth-order valence-electron chi connectivity index (χ4n) is 6.00. The number of hydrogen-bond acceptors (Lipinski definition) is 4. The van der Waals surface area contributed by atoms with Crippen molar-refractivity contribution in [3.8, 4) is 0 Å². The van der Waals surface area contributed by atoms with E-state index in [2.05, 4.69) is 70.1 Å². The molecule has 6 heteroatoms. The monoisotopic (exact) mass is 445 g/mol. The lowest BCUT2D eigenvalue weighted by molar-refractivity contribution is -0.141. The molecular formula is C27H35N5O. The molecule has 6 rings (SSSR count). The number of fused-ring (bicyclic) bond motifs is 3. The first-order chi connectivity index (χ1) is 16.0. The van der Waals surface area contributed by atoms with Crippen LogP contribution in [0.3, 0.4) is 0 Å².